The van der Waals surface area contributed by atoms with Gasteiger partial charge in [0.2, 0.25) is 0 Å². The van der Waals surface area contributed by atoms with Crippen LogP contribution in [-0.2, 0) is 36.2 Å². The molecule has 0 spiro atoms. The number of benzene rings is 1. The summed E-state index contributed by atoms with van der Waals surface area (Å²) in [6, 6.07) is 3.23. The van der Waals surface area contributed by atoms with Crippen LogP contribution in [0.15, 0.2) is 16.9 Å². The van der Waals surface area contributed by atoms with Crippen LogP contribution in [0.3, 0.4) is 0 Å². The summed E-state index contributed by atoms with van der Waals surface area (Å²) in [5.41, 5.74) is 4.59. The Bertz CT molecular complexity index is 1340. The van der Waals surface area contributed by atoms with Gasteiger partial charge in [-0.2, -0.15) is 0 Å². The van der Waals surface area contributed by atoms with E-state index in [1.807, 2.05) is 13.8 Å². The second-order valence-corrected chi connectivity index (χ2v) is 8.69. The first kappa shape index (κ1) is 20.1. The summed E-state index contributed by atoms with van der Waals surface area (Å²) in [4.78, 5) is 30.0. The van der Waals surface area contributed by atoms with Crippen LogP contribution < -0.4 is 5.56 Å². The van der Waals surface area contributed by atoms with E-state index in [4.69, 9.17) is 4.98 Å². The van der Waals surface area contributed by atoms with E-state index in [0.29, 0.717) is 52.8 Å². The maximum absolute atomic E-state index is 14.6. The van der Waals surface area contributed by atoms with Crippen LogP contribution in [0.1, 0.15) is 60.1 Å². The van der Waals surface area contributed by atoms with Gasteiger partial charge in [0, 0.05) is 28.1 Å². The van der Waals surface area contributed by atoms with E-state index < -0.39 is 5.60 Å². The highest BCUT2D eigenvalue weighted by Crippen LogP contribution is 2.42. The fraction of sp³-hybridized carbons (Fsp3) is 0.400. The zero-order valence-electron chi connectivity index (χ0n) is 18.0. The predicted molar refractivity (Wildman–Crippen MR) is 117 cm³/mol. The quantitative estimate of drug-likeness (QED) is 0.511. The summed E-state index contributed by atoms with van der Waals surface area (Å²) < 4.78 is 16.3. The molecule has 1 aliphatic carbocycles. The lowest BCUT2D eigenvalue weighted by Gasteiger charge is -2.24. The van der Waals surface area contributed by atoms with Gasteiger partial charge in [-0.1, -0.05) is 13.8 Å². The molecule has 0 bridgehead atoms. The average Bonchev–Trinajstić information content (AvgIpc) is 3.16. The summed E-state index contributed by atoms with van der Waals surface area (Å²) in [7, 11) is 0. The highest BCUT2D eigenvalue weighted by atomic mass is 19.1. The zero-order valence-corrected chi connectivity index (χ0v) is 18.0. The molecule has 5 nitrogen and oxygen atoms in total. The molecule has 0 amide bonds. The van der Waals surface area contributed by atoms with Crippen LogP contribution in [0.2, 0.25) is 0 Å². The van der Waals surface area contributed by atoms with Crippen LogP contribution in [0.4, 0.5) is 4.39 Å². The minimum Gasteiger partial charge on any atom is -0.378 e. The third-order valence-corrected chi connectivity index (χ3v) is 7.18. The fourth-order valence-corrected chi connectivity index (χ4v) is 5.37. The van der Waals surface area contributed by atoms with Crippen molar-refractivity contribution in [3.63, 3.8) is 0 Å². The van der Waals surface area contributed by atoms with Crippen LogP contribution in [0.5, 0.6) is 0 Å². The van der Waals surface area contributed by atoms with Crippen molar-refractivity contribution >= 4 is 17.2 Å². The van der Waals surface area contributed by atoms with E-state index in [2.05, 4.69) is 0 Å². The number of aryl methyl sites for hydroxylation is 2. The molecule has 1 N–H and O–H groups in total. The van der Waals surface area contributed by atoms with E-state index in [0.717, 1.165) is 41.3 Å². The molecule has 0 saturated carbocycles. The van der Waals surface area contributed by atoms with Gasteiger partial charge >= 0.3 is 0 Å². The Morgan fingerprint density at radius 1 is 1.23 bits per heavy atom. The third kappa shape index (κ3) is 2.61. The van der Waals surface area contributed by atoms with Crippen molar-refractivity contribution in [2.75, 3.05) is 0 Å². The summed E-state index contributed by atoms with van der Waals surface area (Å²) in [5.74, 6) is -0.262. The molecule has 2 aromatic heterocycles. The molecule has 0 unspecified atom stereocenters. The largest absolute Gasteiger partial charge is 0.378 e. The Kier molecular flexibility index (Phi) is 4.42. The molecule has 5 rings (SSSR count). The predicted octanol–water partition coefficient (Wildman–Crippen LogP) is 3.72. The van der Waals surface area contributed by atoms with E-state index in [1.165, 1.54) is 6.07 Å². The minimum atomic E-state index is -1.72. The van der Waals surface area contributed by atoms with Crippen LogP contribution in [0.25, 0.3) is 22.3 Å². The van der Waals surface area contributed by atoms with Gasteiger partial charge in [0.05, 0.1) is 23.4 Å². The molecule has 6 heteroatoms. The van der Waals surface area contributed by atoms with E-state index >= 15 is 0 Å². The molecule has 3 aromatic rings. The van der Waals surface area contributed by atoms with Gasteiger partial charge < -0.3 is 9.67 Å². The Morgan fingerprint density at radius 3 is 2.65 bits per heavy atom. The second-order valence-electron chi connectivity index (χ2n) is 8.69. The van der Waals surface area contributed by atoms with Crippen molar-refractivity contribution < 1.29 is 14.3 Å². The van der Waals surface area contributed by atoms with Gasteiger partial charge in [0.15, 0.2) is 6.29 Å². The van der Waals surface area contributed by atoms with E-state index in [-0.39, 0.29) is 17.8 Å². The summed E-state index contributed by atoms with van der Waals surface area (Å²) >= 11 is 0. The number of nitrogens with zero attached hydrogens (tertiary/aromatic N) is 2. The normalized spacial score (nSPS) is 16.2. The topological polar surface area (TPSA) is 72.2 Å². The number of aliphatic hydroxyl groups is 1. The number of aromatic nitrogens is 2. The molecule has 31 heavy (non-hydrogen) atoms. The molecule has 3 heterocycles. The van der Waals surface area contributed by atoms with Gasteiger partial charge in [-0.3, -0.25) is 9.59 Å². The van der Waals surface area contributed by atoms with E-state index in [9.17, 15) is 19.1 Å². The Balaban J connectivity index is 1.86. The second kappa shape index (κ2) is 6.82. The first-order chi connectivity index (χ1) is 14.8. The van der Waals surface area contributed by atoms with Gasteiger partial charge in [-0.25, -0.2) is 9.37 Å². The number of halogens is 1. The van der Waals surface area contributed by atoms with Crippen molar-refractivity contribution in [2.45, 2.75) is 65.0 Å². The number of aldehydes is 1. The summed E-state index contributed by atoms with van der Waals surface area (Å²) in [6.45, 7) is 5.80. The lowest BCUT2D eigenvalue weighted by molar-refractivity contribution is -0.125. The minimum absolute atomic E-state index is 0.170. The van der Waals surface area contributed by atoms with Crippen molar-refractivity contribution in [3.8, 4) is 11.4 Å². The first-order valence-corrected chi connectivity index (χ1v) is 10.9. The van der Waals surface area contributed by atoms with Crippen molar-refractivity contribution in [3.05, 3.63) is 61.7 Å². The van der Waals surface area contributed by atoms with Gasteiger partial charge in [-0.15, -0.1) is 0 Å². The maximum atomic E-state index is 14.6. The SMILES string of the molecule is CCc1c([C@](O)(C=O)CC)cc2n(c1=O)Cc1c-2nc2cc(F)c(C)c3c2c1CCC3. The van der Waals surface area contributed by atoms with Crippen LogP contribution in [0, 0.1) is 12.7 Å². The molecule has 1 aromatic carbocycles. The highest BCUT2D eigenvalue weighted by molar-refractivity contribution is 5.92. The summed E-state index contributed by atoms with van der Waals surface area (Å²) in [5, 5.41) is 11.9. The van der Waals surface area contributed by atoms with Gasteiger partial charge in [0.1, 0.15) is 11.4 Å². The zero-order chi connectivity index (χ0) is 22.1. The van der Waals surface area contributed by atoms with Gasteiger partial charge in [-0.05, 0) is 61.8 Å². The van der Waals surface area contributed by atoms with Crippen molar-refractivity contribution in [2.24, 2.45) is 0 Å². The number of hydrogen-bond donors (Lipinski definition) is 1. The Labute approximate surface area is 179 Å². The number of pyridine rings is 2. The maximum Gasteiger partial charge on any atom is 0.254 e. The monoisotopic (exact) mass is 420 g/mol. The number of hydrogen-bond acceptors (Lipinski definition) is 4. The molecule has 1 atom stereocenters. The average molecular weight is 420 g/mol. The highest BCUT2D eigenvalue weighted by Gasteiger charge is 2.35. The molecule has 160 valence electrons. The summed E-state index contributed by atoms with van der Waals surface area (Å²) in [6.07, 6.45) is 3.72. The number of carbonyl (C=O) groups excluding carboxylic acids is 1. The van der Waals surface area contributed by atoms with Crippen molar-refractivity contribution in [1.29, 1.82) is 0 Å². The fourth-order valence-electron chi connectivity index (χ4n) is 5.37. The molecule has 0 radical (unpaired) electrons. The molecular weight excluding hydrogens is 395 g/mol. The van der Waals surface area contributed by atoms with Crippen molar-refractivity contribution in [1.82, 2.24) is 9.55 Å². The standard InChI is InChI=1S/C25H25FN2O3/c1-4-14-18(25(31,5-2)12-29)9-21-23-17(11-28(21)24(14)30)16-8-6-7-15-13(3)19(26)10-20(27-23)22(15)16/h9-10,12,31H,4-8,11H2,1-3H3/t25-/m1/s1. The lowest BCUT2D eigenvalue weighted by Crippen LogP contribution is -2.34. The number of rotatable bonds is 4. The molecule has 2 aliphatic rings. The molecule has 0 saturated heterocycles. The van der Waals surface area contributed by atoms with Gasteiger partial charge in [0.25, 0.3) is 5.56 Å². The smallest absolute Gasteiger partial charge is 0.254 e. The first-order valence-electron chi connectivity index (χ1n) is 10.9. The van der Waals surface area contributed by atoms with E-state index in [1.54, 1.807) is 17.6 Å². The number of fused-ring (bicyclic) bond motifs is 4. The Hall–Kier alpha value is -2.86. The molecule has 0 fully saturated rings. The number of carbonyl (C=O) groups is 1. The van der Waals surface area contributed by atoms with Crippen LogP contribution >= 0.6 is 0 Å². The third-order valence-electron chi connectivity index (χ3n) is 7.18. The molecule has 1 aliphatic heterocycles. The molecular formula is C25H25FN2O3. The van der Waals surface area contributed by atoms with Crippen LogP contribution in [-0.4, -0.2) is 20.9 Å². The lowest BCUT2D eigenvalue weighted by atomic mass is 9.84. The Morgan fingerprint density at radius 2 is 1.97 bits per heavy atom.